The molecule has 0 radical (unpaired) electrons. The van der Waals surface area contributed by atoms with Gasteiger partial charge in [0, 0.05) is 24.5 Å². The van der Waals surface area contributed by atoms with Crippen LogP contribution in [0.4, 0.5) is 17.1 Å². The number of nitrogens with zero attached hydrogens (tertiary/aromatic N) is 1. The molecule has 27 heavy (non-hydrogen) atoms. The quantitative estimate of drug-likeness (QED) is 0.812. The molecule has 1 saturated heterocycles. The Labute approximate surface area is 159 Å². The summed E-state index contributed by atoms with van der Waals surface area (Å²) in [5.41, 5.74) is 2.18. The number of nitrogens with one attached hydrogen (secondary N) is 2. The number of ether oxygens (including phenoxy) is 1. The summed E-state index contributed by atoms with van der Waals surface area (Å²) in [5.74, 6) is -0.186. The molecule has 1 fully saturated rings. The van der Waals surface area contributed by atoms with Crippen LogP contribution in [0.2, 0.25) is 0 Å². The van der Waals surface area contributed by atoms with Crippen LogP contribution in [0.25, 0.3) is 0 Å². The van der Waals surface area contributed by atoms with Crippen LogP contribution < -0.4 is 20.3 Å². The van der Waals surface area contributed by atoms with E-state index in [-0.39, 0.29) is 0 Å². The van der Waals surface area contributed by atoms with Gasteiger partial charge in [0.05, 0.1) is 12.8 Å². The molecule has 6 nitrogen and oxygen atoms in total. The predicted molar refractivity (Wildman–Crippen MR) is 107 cm³/mol. The summed E-state index contributed by atoms with van der Waals surface area (Å²) in [6, 6.07) is 14.5. The molecule has 2 aromatic rings. The Morgan fingerprint density at radius 1 is 0.963 bits per heavy atom. The molecular weight excluding hydrogens is 342 g/mol. The van der Waals surface area contributed by atoms with Crippen molar-refractivity contribution >= 4 is 28.9 Å². The number of benzene rings is 2. The van der Waals surface area contributed by atoms with Crippen molar-refractivity contribution in [2.75, 3.05) is 35.7 Å². The normalized spacial score (nSPS) is 14.5. The molecule has 0 aliphatic carbocycles. The van der Waals surface area contributed by atoms with Crippen LogP contribution in [0.15, 0.2) is 48.5 Å². The van der Waals surface area contributed by atoms with Crippen molar-refractivity contribution in [2.24, 2.45) is 5.92 Å². The van der Waals surface area contributed by atoms with Crippen molar-refractivity contribution in [1.82, 2.24) is 0 Å². The first-order chi connectivity index (χ1) is 13.1. The van der Waals surface area contributed by atoms with Gasteiger partial charge in [0.25, 0.3) is 0 Å². The topological polar surface area (TPSA) is 70.7 Å². The molecule has 0 aromatic heterocycles. The largest absolute Gasteiger partial charge is 0.495 e. The number of para-hydroxylation sites is 2. The minimum Gasteiger partial charge on any atom is -0.495 e. The first kappa shape index (κ1) is 18.8. The maximum absolute atomic E-state index is 12.2. The lowest BCUT2D eigenvalue weighted by Crippen LogP contribution is -2.32. The zero-order valence-corrected chi connectivity index (χ0v) is 15.7. The van der Waals surface area contributed by atoms with Gasteiger partial charge >= 0.3 is 11.8 Å². The molecular formula is C21H25N3O3. The molecule has 0 spiro atoms. The summed E-state index contributed by atoms with van der Waals surface area (Å²) in [4.78, 5) is 26.7. The molecule has 142 valence electrons. The number of piperidine rings is 1. The van der Waals surface area contributed by atoms with Gasteiger partial charge in [0.1, 0.15) is 5.75 Å². The zero-order chi connectivity index (χ0) is 19.2. The van der Waals surface area contributed by atoms with Crippen molar-refractivity contribution < 1.29 is 14.3 Å². The highest BCUT2D eigenvalue weighted by Gasteiger charge is 2.18. The van der Waals surface area contributed by atoms with Crippen LogP contribution in [-0.2, 0) is 9.59 Å². The van der Waals surface area contributed by atoms with Gasteiger partial charge in [-0.15, -0.1) is 0 Å². The summed E-state index contributed by atoms with van der Waals surface area (Å²) in [7, 11) is 1.51. The van der Waals surface area contributed by atoms with Gasteiger partial charge in [-0.05, 0) is 55.2 Å². The number of hydrogen-bond acceptors (Lipinski definition) is 4. The Kier molecular flexibility index (Phi) is 5.96. The predicted octanol–water partition coefficient (Wildman–Crippen LogP) is 3.51. The number of hydrogen-bond donors (Lipinski definition) is 2. The van der Waals surface area contributed by atoms with E-state index in [0.29, 0.717) is 17.1 Å². The monoisotopic (exact) mass is 367 g/mol. The minimum atomic E-state index is -0.742. The maximum atomic E-state index is 12.2. The van der Waals surface area contributed by atoms with E-state index in [1.807, 2.05) is 24.3 Å². The number of carbonyl (C=O) groups excluding carboxylic acids is 2. The fourth-order valence-electron chi connectivity index (χ4n) is 3.14. The van der Waals surface area contributed by atoms with Crippen molar-refractivity contribution in [3.8, 4) is 5.75 Å². The number of anilines is 3. The van der Waals surface area contributed by atoms with Crippen molar-refractivity contribution in [3.63, 3.8) is 0 Å². The lowest BCUT2D eigenvalue weighted by molar-refractivity contribution is -0.133. The number of carbonyl (C=O) groups is 2. The highest BCUT2D eigenvalue weighted by atomic mass is 16.5. The van der Waals surface area contributed by atoms with E-state index in [2.05, 4.69) is 22.5 Å². The summed E-state index contributed by atoms with van der Waals surface area (Å²) in [5, 5.41) is 5.19. The molecule has 2 aromatic carbocycles. The van der Waals surface area contributed by atoms with Gasteiger partial charge < -0.3 is 20.3 Å². The summed E-state index contributed by atoms with van der Waals surface area (Å²) in [6.45, 7) is 4.38. The number of methoxy groups -OCH3 is 1. The molecule has 0 unspecified atom stereocenters. The van der Waals surface area contributed by atoms with Crippen LogP contribution in [0.3, 0.4) is 0 Å². The third-order valence-corrected chi connectivity index (χ3v) is 4.84. The average molecular weight is 367 g/mol. The van der Waals surface area contributed by atoms with E-state index in [0.717, 1.165) is 24.7 Å². The van der Waals surface area contributed by atoms with Crippen LogP contribution in [-0.4, -0.2) is 32.0 Å². The summed E-state index contributed by atoms with van der Waals surface area (Å²) in [6.07, 6.45) is 2.39. The zero-order valence-electron chi connectivity index (χ0n) is 15.7. The standard InChI is InChI=1S/C21H25N3O3/c1-15-11-13-24(14-12-15)17-9-7-16(8-10-17)22-20(25)21(26)23-18-5-3-4-6-19(18)27-2/h3-10,15H,11-14H2,1-2H3,(H,22,25)(H,23,26). The second-order valence-corrected chi connectivity index (χ2v) is 6.82. The minimum absolute atomic E-state index is 0.454. The third-order valence-electron chi connectivity index (χ3n) is 4.84. The maximum Gasteiger partial charge on any atom is 0.314 e. The van der Waals surface area contributed by atoms with Crippen LogP contribution >= 0.6 is 0 Å². The molecule has 2 amide bonds. The lowest BCUT2D eigenvalue weighted by atomic mass is 9.99. The van der Waals surface area contributed by atoms with Gasteiger partial charge in [-0.3, -0.25) is 9.59 Å². The second kappa shape index (κ2) is 8.58. The van der Waals surface area contributed by atoms with E-state index < -0.39 is 11.8 Å². The number of amides is 2. The van der Waals surface area contributed by atoms with Gasteiger partial charge in [-0.25, -0.2) is 0 Å². The lowest BCUT2D eigenvalue weighted by Gasteiger charge is -2.32. The average Bonchev–Trinajstić information content (AvgIpc) is 2.69. The van der Waals surface area contributed by atoms with E-state index in [1.165, 1.54) is 20.0 Å². The van der Waals surface area contributed by atoms with Crippen molar-refractivity contribution in [3.05, 3.63) is 48.5 Å². The van der Waals surface area contributed by atoms with Gasteiger partial charge in [-0.2, -0.15) is 0 Å². The molecule has 0 atom stereocenters. The molecule has 1 aliphatic rings. The molecule has 0 bridgehead atoms. The van der Waals surface area contributed by atoms with E-state index in [1.54, 1.807) is 24.3 Å². The van der Waals surface area contributed by atoms with Crippen LogP contribution in [0, 0.1) is 5.92 Å². The molecule has 0 saturated carbocycles. The fourth-order valence-corrected chi connectivity index (χ4v) is 3.14. The molecule has 1 heterocycles. The van der Waals surface area contributed by atoms with E-state index in [4.69, 9.17) is 4.74 Å². The smallest absolute Gasteiger partial charge is 0.314 e. The highest BCUT2D eigenvalue weighted by Crippen LogP contribution is 2.25. The molecule has 1 aliphatic heterocycles. The Morgan fingerprint density at radius 2 is 1.59 bits per heavy atom. The first-order valence-corrected chi connectivity index (χ1v) is 9.17. The van der Waals surface area contributed by atoms with Gasteiger partial charge in [0.2, 0.25) is 0 Å². The van der Waals surface area contributed by atoms with Crippen molar-refractivity contribution in [2.45, 2.75) is 19.8 Å². The van der Waals surface area contributed by atoms with Crippen molar-refractivity contribution in [1.29, 1.82) is 0 Å². The van der Waals surface area contributed by atoms with Gasteiger partial charge in [-0.1, -0.05) is 19.1 Å². The fraction of sp³-hybridized carbons (Fsp3) is 0.333. The third kappa shape index (κ3) is 4.78. The number of rotatable bonds is 4. The summed E-state index contributed by atoms with van der Waals surface area (Å²) < 4.78 is 5.17. The van der Waals surface area contributed by atoms with Crippen LogP contribution in [0.5, 0.6) is 5.75 Å². The van der Waals surface area contributed by atoms with Gasteiger partial charge in [0.15, 0.2) is 0 Å². The Balaban J connectivity index is 1.58. The second-order valence-electron chi connectivity index (χ2n) is 6.82. The van der Waals surface area contributed by atoms with E-state index in [9.17, 15) is 9.59 Å². The summed E-state index contributed by atoms with van der Waals surface area (Å²) >= 11 is 0. The van der Waals surface area contributed by atoms with Crippen LogP contribution in [0.1, 0.15) is 19.8 Å². The Morgan fingerprint density at radius 3 is 2.26 bits per heavy atom. The Hall–Kier alpha value is -3.02. The SMILES string of the molecule is COc1ccccc1NC(=O)C(=O)Nc1ccc(N2CCC(C)CC2)cc1. The molecule has 6 heteroatoms. The first-order valence-electron chi connectivity index (χ1n) is 9.17. The molecule has 3 rings (SSSR count). The highest BCUT2D eigenvalue weighted by molar-refractivity contribution is 6.43. The molecule has 2 N–H and O–H groups in total. The van der Waals surface area contributed by atoms with E-state index >= 15 is 0 Å². The Bertz CT molecular complexity index is 797.